The first-order valence-corrected chi connectivity index (χ1v) is 18.9. The van der Waals surface area contributed by atoms with Gasteiger partial charge in [0, 0.05) is 75.2 Å². The van der Waals surface area contributed by atoms with Crippen LogP contribution in [0.5, 0.6) is 0 Å². The van der Waals surface area contributed by atoms with Crippen LogP contribution in [0.25, 0.3) is 0 Å². The van der Waals surface area contributed by atoms with Gasteiger partial charge in [0.05, 0.1) is 57.0 Å². The summed E-state index contributed by atoms with van der Waals surface area (Å²) in [4.78, 5) is 67.4. The maximum absolute atomic E-state index is 13.7. The van der Waals surface area contributed by atoms with Crippen molar-refractivity contribution >= 4 is 29.6 Å². The van der Waals surface area contributed by atoms with Crippen LogP contribution in [0.4, 0.5) is 4.79 Å². The topological polar surface area (TPSA) is 165 Å². The number of alkyl carbamates (subject to hydrolysis) is 1. The highest BCUT2D eigenvalue weighted by atomic mass is 16.5. The summed E-state index contributed by atoms with van der Waals surface area (Å²) in [7, 11) is 5.85. The van der Waals surface area contributed by atoms with Gasteiger partial charge in [-0.25, -0.2) is 9.78 Å². The molecule has 3 aliphatic heterocycles. The maximum atomic E-state index is 13.7. The lowest BCUT2D eigenvalue weighted by atomic mass is 9.90. The van der Waals surface area contributed by atoms with E-state index in [1.807, 2.05) is 56.9 Å². The maximum Gasteiger partial charge on any atom is 0.407 e. The lowest BCUT2D eigenvalue weighted by molar-refractivity contribution is -0.148. The summed E-state index contributed by atoms with van der Waals surface area (Å²) in [5.41, 5.74) is 3.90. The average Bonchev–Trinajstić information content (AvgIpc) is 4.02. The molecular weight excluding hydrogens is 716 g/mol. The molecule has 0 radical (unpaired) electrons. The average molecular weight is 769 g/mol. The van der Waals surface area contributed by atoms with E-state index in [2.05, 4.69) is 44.0 Å². The molecule has 56 heavy (non-hydrogen) atoms. The van der Waals surface area contributed by atoms with E-state index in [1.54, 1.807) is 31.5 Å². The van der Waals surface area contributed by atoms with Crippen LogP contribution in [-0.4, -0.2) is 115 Å². The molecule has 1 aromatic carbocycles. The molecule has 0 unspecified atom stereocenters. The van der Waals surface area contributed by atoms with Gasteiger partial charge in [-0.1, -0.05) is 45.5 Å². The highest BCUT2D eigenvalue weighted by Crippen LogP contribution is 2.33. The van der Waals surface area contributed by atoms with E-state index < -0.39 is 24.0 Å². The summed E-state index contributed by atoms with van der Waals surface area (Å²) in [6.45, 7) is 8.40. The van der Waals surface area contributed by atoms with Gasteiger partial charge in [-0.15, -0.1) is 0 Å². The van der Waals surface area contributed by atoms with Crippen molar-refractivity contribution in [3.8, 4) is 23.7 Å². The molecule has 2 N–H and O–H groups in total. The first kappa shape index (κ1) is 41.7. The fourth-order valence-electron chi connectivity index (χ4n) is 7.19. The van der Waals surface area contributed by atoms with Crippen molar-refractivity contribution in [2.45, 2.75) is 83.7 Å². The molecule has 5 rings (SSSR count). The number of amides is 3. The molecule has 3 aliphatic rings. The molecule has 2 aromatic rings. The number of aromatic nitrogens is 2. The van der Waals surface area contributed by atoms with Crippen molar-refractivity contribution in [2.75, 3.05) is 41.5 Å². The summed E-state index contributed by atoms with van der Waals surface area (Å²) in [6, 6.07) is 6.22. The number of esters is 1. The predicted molar refractivity (Wildman–Crippen MR) is 208 cm³/mol. The minimum atomic E-state index is -0.767. The summed E-state index contributed by atoms with van der Waals surface area (Å²) in [5, 5.41) is 2.66. The summed E-state index contributed by atoms with van der Waals surface area (Å²) >= 11 is 0. The Kier molecular flexibility index (Phi) is 14.1. The first-order chi connectivity index (χ1) is 26.8. The first-order valence-electron chi connectivity index (χ1n) is 18.9. The monoisotopic (exact) mass is 768 g/mol. The minimum absolute atomic E-state index is 0.0288. The van der Waals surface area contributed by atoms with Gasteiger partial charge in [0.1, 0.15) is 17.6 Å². The third-order valence-corrected chi connectivity index (χ3v) is 10.5. The highest BCUT2D eigenvalue weighted by molar-refractivity contribution is 5.98. The van der Waals surface area contributed by atoms with Crippen LogP contribution in [0.3, 0.4) is 0 Å². The number of nitrogens with one attached hydrogen (secondary N) is 2. The zero-order valence-electron chi connectivity index (χ0n) is 33.4. The quantitative estimate of drug-likeness (QED) is 0.254. The molecule has 2 fully saturated rings. The van der Waals surface area contributed by atoms with Crippen molar-refractivity contribution < 1.29 is 38.1 Å². The largest absolute Gasteiger partial charge is 0.469 e. The third kappa shape index (κ3) is 10.0. The van der Waals surface area contributed by atoms with Gasteiger partial charge in [-0.05, 0) is 42.0 Å². The van der Waals surface area contributed by atoms with Gasteiger partial charge >= 0.3 is 12.1 Å². The summed E-state index contributed by atoms with van der Waals surface area (Å²) < 4.78 is 20.9. The molecule has 0 bridgehead atoms. The molecule has 1 aromatic heterocycles. The van der Waals surface area contributed by atoms with Crippen LogP contribution in [0.2, 0.25) is 0 Å². The number of benzene rings is 1. The number of aromatic amines is 1. The number of ether oxygens (including phenoxy) is 4. The zero-order valence-corrected chi connectivity index (χ0v) is 33.4. The fraction of sp³-hybridized carbons (Fsp3) is 0.524. The van der Waals surface area contributed by atoms with Crippen LogP contribution in [0.1, 0.15) is 82.1 Å². The fourth-order valence-corrected chi connectivity index (χ4v) is 7.19. The van der Waals surface area contributed by atoms with Gasteiger partial charge in [-0.2, -0.15) is 0 Å². The number of methoxy groups -OCH3 is 4. The van der Waals surface area contributed by atoms with E-state index in [0.29, 0.717) is 43.9 Å². The smallest absolute Gasteiger partial charge is 0.407 e. The van der Waals surface area contributed by atoms with Crippen molar-refractivity contribution in [3.05, 3.63) is 64.9 Å². The molecule has 6 atom stereocenters. The van der Waals surface area contributed by atoms with Crippen molar-refractivity contribution in [2.24, 2.45) is 22.7 Å². The van der Waals surface area contributed by atoms with E-state index in [1.165, 1.54) is 14.2 Å². The van der Waals surface area contributed by atoms with Crippen LogP contribution in [-0.2, 0) is 33.3 Å². The molecule has 0 aliphatic carbocycles. The van der Waals surface area contributed by atoms with Crippen LogP contribution in [0, 0.1) is 41.4 Å². The molecule has 2 saturated heterocycles. The Balaban J connectivity index is 1.20. The van der Waals surface area contributed by atoms with Gasteiger partial charge in [0.25, 0.3) is 0 Å². The molecular formula is C42H52N6O8. The lowest BCUT2D eigenvalue weighted by Crippen LogP contribution is -2.51. The Bertz CT molecular complexity index is 1950. The Labute approximate surface area is 328 Å². The van der Waals surface area contributed by atoms with Crippen LogP contribution < -0.4 is 5.32 Å². The van der Waals surface area contributed by atoms with Crippen LogP contribution >= 0.6 is 0 Å². The van der Waals surface area contributed by atoms with Gasteiger partial charge < -0.3 is 39.0 Å². The SMILES string of the molecule is COC(=O)C[C@H](C(=O)N1C[C@@H](OC)C[C@H]1C1=NC=C(C#Cc2ccc(C#Cc3cnc([C@@H]4C[C@H](OC)CN4C(=O)[C@@H](NC(=O)OC)C(C)C)[nH]3)cc2)C1)C(C)C. The zero-order chi connectivity index (χ0) is 40.5. The third-order valence-electron chi connectivity index (χ3n) is 10.5. The van der Waals surface area contributed by atoms with E-state index in [9.17, 15) is 19.2 Å². The van der Waals surface area contributed by atoms with Crippen molar-refractivity contribution in [3.63, 3.8) is 0 Å². The number of carbonyl (C=O) groups excluding carboxylic acids is 4. The Morgan fingerprint density at radius 3 is 2.00 bits per heavy atom. The normalized spacial score (nSPS) is 21.4. The standard InChI is InChI=1S/C42H52N6O8/c1-25(2)33(20-37(49)55-7)40(50)47-23-31(53-5)18-35(47)34-17-29(21-43-34)14-13-27-9-11-28(12-10-27)15-16-30-22-44-39(45-30)36-19-32(54-6)24-48(36)41(51)38(26(3)4)46-42(52)56-8/h9-12,21-22,25-26,31-33,35-36,38H,17-20,23-24H2,1-8H3,(H,44,45)(H,46,52)/t31-,32-,33-,35-,36-,38-/m0/s1. The van der Waals surface area contributed by atoms with E-state index in [0.717, 1.165) is 22.4 Å². The lowest BCUT2D eigenvalue weighted by Gasteiger charge is -2.30. The number of H-pyrrole nitrogens is 1. The summed E-state index contributed by atoms with van der Waals surface area (Å²) in [6.07, 6.45) is 4.16. The molecule has 298 valence electrons. The number of carbonyl (C=O) groups is 4. The van der Waals surface area contributed by atoms with Gasteiger partial charge in [0.2, 0.25) is 11.8 Å². The van der Waals surface area contributed by atoms with E-state index in [4.69, 9.17) is 18.9 Å². The number of hydrogen-bond donors (Lipinski definition) is 2. The second kappa shape index (κ2) is 18.9. The molecule has 0 spiro atoms. The number of rotatable bonds is 11. The number of hydrogen-bond acceptors (Lipinski definition) is 10. The predicted octanol–water partition coefficient (Wildman–Crippen LogP) is 4.01. The Morgan fingerprint density at radius 2 is 1.43 bits per heavy atom. The highest BCUT2D eigenvalue weighted by Gasteiger charge is 2.43. The molecule has 3 amide bonds. The number of likely N-dealkylation sites (tertiary alicyclic amines) is 2. The van der Waals surface area contributed by atoms with Crippen molar-refractivity contribution in [1.82, 2.24) is 25.1 Å². The van der Waals surface area contributed by atoms with Crippen molar-refractivity contribution in [1.29, 1.82) is 0 Å². The van der Waals surface area contributed by atoms with Crippen LogP contribution in [0.15, 0.2) is 47.2 Å². The number of imidazole rings is 1. The van der Waals surface area contributed by atoms with Gasteiger partial charge in [-0.3, -0.25) is 19.4 Å². The van der Waals surface area contributed by atoms with Gasteiger partial charge in [0.15, 0.2) is 0 Å². The number of aliphatic imine (C=N–C) groups is 1. The minimum Gasteiger partial charge on any atom is -0.469 e. The van der Waals surface area contributed by atoms with E-state index >= 15 is 0 Å². The Morgan fingerprint density at radius 1 is 0.821 bits per heavy atom. The second-order valence-corrected chi connectivity index (χ2v) is 14.9. The Hall–Kier alpha value is -5.44. The summed E-state index contributed by atoms with van der Waals surface area (Å²) in [5.74, 6) is 11.9. The molecule has 0 saturated carbocycles. The van der Waals surface area contributed by atoms with E-state index in [-0.39, 0.29) is 54.4 Å². The molecule has 14 heteroatoms. The second-order valence-electron chi connectivity index (χ2n) is 14.9. The number of allylic oxidation sites excluding steroid dienone is 1. The number of nitrogens with zero attached hydrogens (tertiary/aromatic N) is 4. The molecule has 14 nitrogen and oxygen atoms in total. The molecule has 4 heterocycles.